The number of aryl methyl sites for hydroxylation is 1. The lowest BCUT2D eigenvalue weighted by Gasteiger charge is -2.08. The minimum Gasteiger partial charge on any atom is -0.335 e. The standard InChI is InChI=1S/C16H23N3/c1-3-9-19-10-8-18-16(19)12-14-6-5-7-15(11-14)13-17-4-2/h5-8,10-11,17H,3-4,9,12-13H2,1-2H3. The molecule has 0 saturated heterocycles. The molecule has 0 bridgehead atoms. The molecule has 0 spiro atoms. The van der Waals surface area contributed by atoms with Crippen molar-refractivity contribution in [3.63, 3.8) is 0 Å². The van der Waals surface area contributed by atoms with Gasteiger partial charge in [0.2, 0.25) is 0 Å². The number of nitrogens with zero attached hydrogens (tertiary/aromatic N) is 2. The molecule has 102 valence electrons. The van der Waals surface area contributed by atoms with E-state index >= 15 is 0 Å². The molecule has 0 radical (unpaired) electrons. The molecular weight excluding hydrogens is 234 g/mol. The van der Waals surface area contributed by atoms with E-state index < -0.39 is 0 Å². The van der Waals surface area contributed by atoms with Crippen molar-refractivity contribution in [1.82, 2.24) is 14.9 Å². The molecule has 3 heteroatoms. The third-order valence-corrected chi connectivity index (χ3v) is 3.20. The van der Waals surface area contributed by atoms with Crippen LogP contribution >= 0.6 is 0 Å². The van der Waals surface area contributed by atoms with E-state index in [-0.39, 0.29) is 0 Å². The number of nitrogens with one attached hydrogen (secondary N) is 1. The van der Waals surface area contributed by atoms with Gasteiger partial charge in [-0.15, -0.1) is 0 Å². The Morgan fingerprint density at radius 1 is 1.21 bits per heavy atom. The van der Waals surface area contributed by atoms with E-state index in [0.717, 1.165) is 38.3 Å². The maximum Gasteiger partial charge on any atom is 0.113 e. The highest BCUT2D eigenvalue weighted by Crippen LogP contribution is 2.11. The smallest absolute Gasteiger partial charge is 0.113 e. The predicted molar refractivity (Wildman–Crippen MR) is 79.1 cm³/mol. The Kier molecular flexibility index (Phi) is 5.16. The van der Waals surface area contributed by atoms with Crippen molar-refractivity contribution in [2.75, 3.05) is 6.54 Å². The van der Waals surface area contributed by atoms with Gasteiger partial charge in [0.05, 0.1) is 0 Å². The van der Waals surface area contributed by atoms with Crippen LogP contribution in [-0.2, 0) is 19.5 Å². The lowest BCUT2D eigenvalue weighted by molar-refractivity contribution is 0.646. The topological polar surface area (TPSA) is 29.9 Å². The predicted octanol–water partition coefficient (Wildman–Crippen LogP) is 2.99. The summed E-state index contributed by atoms with van der Waals surface area (Å²) in [5.41, 5.74) is 2.67. The minimum atomic E-state index is 0.910. The first-order valence-electron chi connectivity index (χ1n) is 7.12. The molecule has 0 unspecified atom stereocenters. The van der Waals surface area contributed by atoms with Crippen LogP contribution in [0.15, 0.2) is 36.7 Å². The summed E-state index contributed by atoms with van der Waals surface area (Å²) in [6.45, 7) is 7.32. The Hall–Kier alpha value is -1.61. The molecule has 0 aliphatic heterocycles. The summed E-state index contributed by atoms with van der Waals surface area (Å²) in [7, 11) is 0. The van der Waals surface area contributed by atoms with Gasteiger partial charge in [-0.2, -0.15) is 0 Å². The van der Waals surface area contributed by atoms with Crippen LogP contribution in [-0.4, -0.2) is 16.1 Å². The van der Waals surface area contributed by atoms with E-state index in [1.165, 1.54) is 11.1 Å². The molecule has 1 heterocycles. The first-order chi connectivity index (χ1) is 9.33. The second kappa shape index (κ2) is 7.10. The monoisotopic (exact) mass is 257 g/mol. The molecule has 1 N–H and O–H groups in total. The van der Waals surface area contributed by atoms with Gasteiger partial charge in [-0.05, 0) is 24.1 Å². The molecule has 0 saturated carbocycles. The zero-order valence-corrected chi connectivity index (χ0v) is 11.9. The summed E-state index contributed by atoms with van der Waals surface area (Å²) in [4.78, 5) is 4.47. The van der Waals surface area contributed by atoms with Gasteiger partial charge in [0.1, 0.15) is 5.82 Å². The van der Waals surface area contributed by atoms with Gasteiger partial charge in [-0.3, -0.25) is 0 Å². The van der Waals surface area contributed by atoms with Crippen molar-refractivity contribution in [2.24, 2.45) is 0 Å². The van der Waals surface area contributed by atoms with E-state index in [1.54, 1.807) is 0 Å². The van der Waals surface area contributed by atoms with E-state index in [4.69, 9.17) is 0 Å². The van der Waals surface area contributed by atoms with Crippen LogP contribution in [0.2, 0.25) is 0 Å². The van der Waals surface area contributed by atoms with Crippen LogP contribution in [0.5, 0.6) is 0 Å². The highest BCUT2D eigenvalue weighted by molar-refractivity contribution is 5.26. The van der Waals surface area contributed by atoms with Gasteiger partial charge in [0, 0.05) is 31.9 Å². The van der Waals surface area contributed by atoms with Crippen molar-refractivity contribution in [2.45, 2.75) is 39.8 Å². The Bertz CT molecular complexity index is 502. The van der Waals surface area contributed by atoms with Crippen molar-refractivity contribution in [3.05, 3.63) is 53.6 Å². The molecule has 2 aromatic rings. The summed E-state index contributed by atoms with van der Waals surface area (Å²) in [6.07, 6.45) is 6.02. The number of hydrogen-bond donors (Lipinski definition) is 1. The fourth-order valence-corrected chi connectivity index (χ4v) is 2.25. The summed E-state index contributed by atoms with van der Waals surface area (Å²) in [5.74, 6) is 1.16. The van der Waals surface area contributed by atoms with Gasteiger partial charge in [-0.25, -0.2) is 4.98 Å². The van der Waals surface area contributed by atoms with Gasteiger partial charge in [0.25, 0.3) is 0 Å². The Morgan fingerprint density at radius 3 is 2.84 bits per heavy atom. The molecule has 0 atom stereocenters. The SMILES string of the molecule is CCCn1ccnc1Cc1cccc(CNCC)c1. The molecule has 0 aliphatic carbocycles. The normalized spacial score (nSPS) is 10.8. The highest BCUT2D eigenvalue weighted by Gasteiger charge is 2.04. The first kappa shape index (κ1) is 13.8. The highest BCUT2D eigenvalue weighted by atomic mass is 15.1. The van der Waals surface area contributed by atoms with Crippen LogP contribution in [0.4, 0.5) is 0 Å². The number of rotatable bonds is 7. The number of aromatic nitrogens is 2. The molecule has 1 aromatic carbocycles. The molecule has 1 aromatic heterocycles. The van der Waals surface area contributed by atoms with Crippen LogP contribution in [0.1, 0.15) is 37.2 Å². The minimum absolute atomic E-state index is 0.910. The molecule has 0 aliphatic rings. The zero-order chi connectivity index (χ0) is 13.5. The molecule has 19 heavy (non-hydrogen) atoms. The second-order valence-corrected chi connectivity index (χ2v) is 4.81. The lowest BCUT2D eigenvalue weighted by Crippen LogP contribution is -2.12. The third-order valence-electron chi connectivity index (χ3n) is 3.20. The zero-order valence-electron chi connectivity index (χ0n) is 11.9. The third kappa shape index (κ3) is 3.93. The Balaban J connectivity index is 2.07. The average Bonchev–Trinajstić information content (AvgIpc) is 2.85. The number of benzene rings is 1. The number of imidazole rings is 1. The van der Waals surface area contributed by atoms with Crippen LogP contribution < -0.4 is 5.32 Å². The van der Waals surface area contributed by atoms with Crippen LogP contribution in [0.25, 0.3) is 0 Å². The fraction of sp³-hybridized carbons (Fsp3) is 0.438. The van der Waals surface area contributed by atoms with Crippen molar-refractivity contribution >= 4 is 0 Å². The van der Waals surface area contributed by atoms with Crippen molar-refractivity contribution in [1.29, 1.82) is 0 Å². The second-order valence-electron chi connectivity index (χ2n) is 4.81. The summed E-state index contributed by atoms with van der Waals surface area (Å²) < 4.78 is 2.25. The average molecular weight is 257 g/mol. The number of hydrogen-bond acceptors (Lipinski definition) is 2. The fourth-order valence-electron chi connectivity index (χ4n) is 2.25. The van der Waals surface area contributed by atoms with E-state index in [0.29, 0.717) is 0 Å². The quantitative estimate of drug-likeness (QED) is 0.826. The van der Waals surface area contributed by atoms with Gasteiger partial charge < -0.3 is 9.88 Å². The molecular formula is C16H23N3. The summed E-state index contributed by atoms with van der Waals surface area (Å²) in [6, 6.07) is 8.76. The molecule has 0 fully saturated rings. The van der Waals surface area contributed by atoms with Gasteiger partial charge in [0.15, 0.2) is 0 Å². The summed E-state index contributed by atoms with van der Waals surface area (Å²) >= 11 is 0. The molecule has 2 rings (SSSR count). The Morgan fingerprint density at radius 2 is 2.05 bits per heavy atom. The van der Waals surface area contributed by atoms with Crippen molar-refractivity contribution < 1.29 is 0 Å². The van der Waals surface area contributed by atoms with Crippen molar-refractivity contribution in [3.8, 4) is 0 Å². The van der Waals surface area contributed by atoms with Gasteiger partial charge in [-0.1, -0.05) is 38.1 Å². The van der Waals surface area contributed by atoms with Crippen LogP contribution in [0, 0.1) is 0 Å². The largest absolute Gasteiger partial charge is 0.335 e. The van der Waals surface area contributed by atoms with E-state index in [2.05, 4.69) is 59.2 Å². The lowest BCUT2D eigenvalue weighted by atomic mass is 10.1. The van der Waals surface area contributed by atoms with E-state index in [9.17, 15) is 0 Å². The van der Waals surface area contributed by atoms with Gasteiger partial charge >= 0.3 is 0 Å². The maximum absolute atomic E-state index is 4.47. The Labute approximate surface area is 115 Å². The summed E-state index contributed by atoms with van der Waals surface area (Å²) in [5, 5.41) is 3.36. The maximum atomic E-state index is 4.47. The molecule has 0 amide bonds. The first-order valence-corrected chi connectivity index (χ1v) is 7.12. The van der Waals surface area contributed by atoms with Crippen LogP contribution in [0.3, 0.4) is 0 Å². The van der Waals surface area contributed by atoms with E-state index in [1.807, 2.05) is 6.20 Å². The molecule has 3 nitrogen and oxygen atoms in total.